The summed E-state index contributed by atoms with van der Waals surface area (Å²) in [5.41, 5.74) is 11.1. The zero-order valence-corrected chi connectivity index (χ0v) is 14.5. The first-order valence-corrected chi connectivity index (χ1v) is 8.64. The second-order valence-corrected chi connectivity index (χ2v) is 6.46. The Morgan fingerprint density at radius 2 is 1.79 bits per heavy atom. The first-order chi connectivity index (χ1) is 11.6. The van der Waals surface area contributed by atoms with Crippen molar-refractivity contribution in [3.8, 4) is 11.3 Å². The zero-order valence-electron chi connectivity index (χ0n) is 13.7. The van der Waals surface area contributed by atoms with E-state index in [1.807, 2.05) is 62.4 Å². The topological polar surface area (TPSA) is 64.4 Å². The van der Waals surface area contributed by atoms with Crippen molar-refractivity contribution in [2.45, 2.75) is 19.6 Å². The van der Waals surface area contributed by atoms with Crippen LogP contribution in [0.4, 0.5) is 5.69 Å². The van der Waals surface area contributed by atoms with E-state index in [-0.39, 0.29) is 0 Å². The number of hydrogen-bond donors (Lipinski definition) is 1. The first-order valence-electron chi connectivity index (χ1n) is 7.66. The van der Waals surface area contributed by atoms with Gasteiger partial charge in [0.1, 0.15) is 11.5 Å². The second kappa shape index (κ2) is 7.36. The number of benzene rings is 2. The number of nitrogens with zero attached hydrogens (tertiary/aromatic N) is 2. The van der Waals surface area contributed by atoms with Crippen molar-refractivity contribution >= 4 is 22.6 Å². The third-order valence-corrected chi connectivity index (χ3v) is 4.49. The van der Waals surface area contributed by atoms with E-state index in [0.29, 0.717) is 10.9 Å². The summed E-state index contributed by atoms with van der Waals surface area (Å²) in [6.07, 6.45) is 1.47. The molecule has 5 heteroatoms. The highest BCUT2D eigenvalue weighted by atomic mass is 32.2. The molecular formula is C19H19N3OS. The van der Waals surface area contributed by atoms with Gasteiger partial charge in [-0.2, -0.15) is 0 Å². The molecule has 122 valence electrons. The number of hydrogen-bond acceptors (Lipinski definition) is 4. The first kappa shape index (κ1) is 16.3. The van der Waals surface area contributed by atoms with Gasteiger partial charge < -0.3 is 10.2 Å². The van der Waals surface area contributed by atoms with E-state index >= 15 is 0 Å². The van der Waals surface area contributed by atoms with Gasteiger partial charge in [0.15, 0.2) is 11.6 Å². The van der Waals surface area contributed by atoms with Crippen LogP contribution in [-0.4, -0.2) is 10.2 Å². The third kappa shape index (κ3) is 3.68. The average molecular weight is 337 g/mol. The molecule has 0 fully saturated rings. The number of amidine groups is 1. The number of aryl methyl sites for hydroxylation is 2. The summed E-state index contributed by atoms with van der Waals surface area (Å²) in [7, 11) is 0. The van der Waals surface area contributed by atoms with Crippen molar-refractivity contribution in [1.82, 2.24) is 4.98 Å². The van der Waals surface area contributed by atoms with Crippen LogP contribution < -0.4 is 5.73 Å². The third-order valence-electron chi connectivity index (χ3n) is 3.70. The Bertz CT molecular complexity index is 836. The maximum absolute atomic E-state index is 6.10. The van der Waals surface area contributed by atoms with Gasteiger partial charge in [-0.15, -0.1) is 0 Å². The minimum atomic E-state index is 0.516. The van der Waals surface area contributed by atoms with Crippen molar-refractivity contribution in [3.63, 3.8) is 0 Å². The summed E-state index contributed by atoms with van der Waals surface area (Å²) in [6.45, 7) is 4.07. The van der Waals surface area contributed by atoms with Crippen LogP contribution >= 0.6 is 11.8 Å². The summed E-state index contributed by atoms with van der Waals surface area (Å²) in [4.78, 5) is 8.87. The largest absolute Gasteiger partial charge is 0.447 e. The summed E-state index contributed by atoms with van der Waals surface area (Å²) >= 11 is 1.45. The lowest BCUT2D eigenvalue weighted by molar-refractivity contribution is 0.524. The molecule has 0 aliphatic heterocycles. The molecular weight excluding hydrogens is 318 g/mol. The van der Waals surface area contributed by atoms with Crippen molar-refractivity contribution < 1.29 is 4.42 Å². The van der Waals surface area contributed by atoms with Gasteiger partial charge in [-0.3, -0.25) is 0 Å². The molecule has 0 spiro atoms. The fourth-order valence-corrected chi connectivity index (χ4v) is 3.11. The van der Waals surface area contributed by atoms with Crippen LogP contribution in [0.3, 0.4) is 0 Å². The molecule has 1 aromatic heterocycles. The van der Waals surface area contributed by atoms with Crippen LogP contribution in [0, 0.1) is 13.8 Å². The van der Waals surface area contributed by atoms with E-state index < -0.39 is 0 Å². The fourth-order valence-electron chi connectivity index (χ4n) is 2.47. The van der Waals surface area contributed by atoms with Gasteiger partial charge in [0, 0.05) is 5.56 Å². The molecule has 0 unspecified atom stereocenters. The summed E-state index contributed by atoms with van der Waals surface area (Å²) in [5.74, 6) is 1.38. The van der Waals surface area contributed by atoms with Gasteiger partial charge in [0.05, 0.1) is 11.4 Å². The molecule has 2 aromatic carbocycles. The summed E-state index contributed by atoms with van der Waals surface area (Å²) in [5, 5.41) is 0.516. The van der Waals surface area contributed by atoms with Gasteiger partial charge in [-0.05, 0) is 25.0 Å². The Labute approximate surface area is 145 Å². The van der Waals surface area contributed by atoms with E-state index in [1.54, 1.807) is 0 Å². The molecule has 1 heterocycles. The molecule has 0 saturated heterocycles. The van der Waals surface area contributed by atoms with Crippen LogP contribution in [0.5, 0.6) is 0 Å². The fraction of sp³-hybridized carbons (Fsp3) is 0.158. The number of rotatable bonds is 4. The van der Waals surface area contributed by atoms with Crippen LogP contribution in [0.15, 0.2) is 64.3 Å². The molecule has 2 N–H and O–H groups in total. The van der Waals surface area contributed by atoms with E-state index in [4.69, 9.17) is 10.2 Å². The Kier molecular flexibility index (Phi) is 5.01. The van der Waals surface area contributed by atoms with Gasteiger partial charge in [-0.1, -0.05) is 60.3 Å². The van der Waals surface area contributed by atoms with Gasteiger partial charge in [-0.25, -0.2) is 9.98 Å². The standard InChI is InChI=1S/C19H19N3OS/c1-13-7-6-8-14(2)17(13)22-19(20)24-11-16-18(21-12-23-16)15-9-4-3-5-10-15/h3-10,12H,11H2,1-2H3,(H2,20,22). The van der Waals surface area contributed by atoms with Crippen molar-refractivity contribution in [3.05, 3.63) is 71.8 Å². The maximum atomic E-state index is 6.10. The number of aliphatic imine (C=N–C) groups is 1. The Morgan fingerprint density at radius 1 is 1.08 bits per heavy atom. The molecule has 24 heavy (non-hydrogen) atoms. The maximum Gasteiger partial charge on any atom is 0.181 e. The van der Waals surface area contributed by atoms with Crippen LogP contribution in [0.2, 0.25) is 0 Å². The predicted octanol–water partition coefficient (Wildman–Crippen LogP) is 4.84. The lowest BCUT2D eigenvalue weighted by Crippen LogP contribution is -2.06. The Hall–Kier alpha value is -2.53. The van der Waals surface area contributed by atoms with Gasteiger partial charge in [0.2, 0.25) is 0 Å². The molecule has 0 aliphatic rings. The van der Waals surface area contributed by atoms with E-state index in [2.05, 4.69) is 9.98 Å². The van der Waals surface area contributed by atoms with E-state index in [9.17, 15) is 0 Å². The summed E-state index contributed by atoms with van der Waals surface area (Å²) in [6, 6.07) is 16.1. The molecule has 4 nitrogen and oxygen atoms in total. The quantitative estimate of drug-likeness (QED) is 0.546. The minimum Gasteiger partial charge on any atom is -0.447 e. The number of para-hydroxylation sites is 1. The molecule has 3 rings (SSSR count). The summed E-state index contributed by atoms with van der Waals surface area (Å²) < 4.78 is 5.52. The van der Waals surface area contributed by atoms with Crippen molar-refractivity contribution in [2.24, 2.45) is 10.7 Å². The predicted molar refractivity (Wildman–Crippen MR) is 100 cm³/mol. The molecule has 0 radical (unpaired) electrons. The number of thioether (sulfide) groups is 1. The lowest BCUT2D eigenvalue weighted by atomic mass is 10.1. The van der Waals surface area contributed by atoms with E-state index in [1.165, 1.54) is 18.2 Å². The van der Waals surface area contributed by atoms with Crippen LogP contribution in [-0.2, 0) is 5.75 Å². The number of oxazole rings is 1. The highest BCUT2D eigenvalue weighted by Gasteiger charge is 2.11. The smallest absolute Gasteiger partial charge is 0.181 e. The Morgan fingerprint density at radius 3 is 2.50 bits per heavy atom. The van der Waals surface area contributed by atoms with Crippen LogP contribution in [0.25, 0.3) is 11.3 Å². The molecule has 0 amide bonds. The normalized spacial score (nSPS) is 11.7. The van der Waals surface area contributed by atoms with Gasteiger partial charge >= 0.3 is 0 Å². The highest BCUT2D eigenvalue weighted by Crippen LogP contribution is 2.27. The zero-order chi connectivity index (χ0) is 16.9. The lowest BCUT2D eigenvalue weighted by Gasteiger charge is -2.06. The van der Waals surface area contributed by atoms with Crippen molar-refractivity contribution in [1.29, 1.82) is 0 Å². The minimum absolute atomic E-state index is 0.516. The van der Waals surface area contributed by atoms with Crippen molar-refractivity contribution in [2.75, 3.05) is 0 Å². The van der Waals surface area contributed by atoms with E-state index in [0.717, 1.165) is 33.8 Å². The molecule has 0 atom stereocenters. The molecule has 0 aliphatic carbocycles. The highest BCUT2D eigenvalue weighted by molar-refractivity contribution is 8.13. The molecule has 0 bridgehead atoms. The SMILES string of the molecule is Cc1cccc(C)c1N=C(N)SCc1ocnc1-c1ccccc1. The average Bonchev–Trinajstić information content (AvgIpc) is 3.06. The van der Waals surface area contributed by atoms with Crippen LogP contribution in [0.1, 0.15) is 16.9 Å². The Balaban J connectivity index is 1.75. The molecule has 0 saturated carbocycles. The van der Waals surface area contributed by atoms with Gasteiger partial charge in [0.25, 0.3) is 0 Å². The monoisotopic (exact) mass is 337 g/mol. The molecule has 3 aromatic rings. The number of aromatic nitrogens is 1. The second-order valence-electron chi connectivity index (χ2n) is 5.47. The number of nitrogens with two attached hydrogens (primary N) is 1.